The summed E-state index contributed by atoms with van der Waals surface area (Å²) in [6.45, 7) is 9.59. The van der Waals surface area contributed by atoms with Crippen LogP contribution in [0.5, 0.6) is 0 Å². The van der Waals surface area contributed by atoms with Crippen LogP contribution in [0.25, 0.3) is 5.70 Å². The Labute approximate surface area is 133 Å². The van der Waals surface area contributed by atoms with Crippen molar-refractivity contribution in [1.82, 2.24) is 4.90 Å². The maximum Gasteiger partial charge on any atom is 0.0871 e. The van der Waals surface area contributed by atoms with E-state index in [2.05, 4.69) is 55.7 Å². The third-order valence-corrected chi connectivity index (χ3v) is 4.50. The number of hydrogen-bond donors (Lipinski definition) is 1. The Kier molecular flexibility index (Phi) is 5.67. The molecular formula is C19H27NO2. The van der Waals surface area contributed by atoms with Gasteiger partial charge in [0.25, 0.3) is 0 Å². The Morgan fingerprint density at radius 3 is 2.73 bits per heavy atom. The van der Waals surface area contributed by atoms with Crippen molar-refractivity contribution in [3.8, 4) is 0 Å². The quantitative estimate of drug-likeness (QED) is 0.794. The lowest BCUT2D eigenvalue weighted by atomic mass is 9.78. The summed E-state index contributed by atoms with van der Waals surface area (Å²) in [5.41, 5.74) is 3.90. The fourth-order valence-electron chi connectivity index (χ4n) is 3.62. The molecule has 22 heavy (non-hydrogen) atoms. The molecule has 0 bridgehead atoms. The zero-order chi connectivity index (χ0) is 16.1. The average molecular weight is 301 g/mol. The standard InChI is InChI=1S/C19H27NO2/c1-5-18-16-10-8-7-9-15(16)17(11-12-22-4)19(13-14(3)21)20(18)6-2/h5,7-10,17,19,21H,3,6,11-13H2,1-2,4H3/b18-5-. The van der Waals surface area contributed by atoms with E-state index in [0.717, 1.165) is 19.6 Å². The van der Waals surface area contributed by atoms with Gasteiger partial charge in [0, 0.05) is 49.9 Å². The summed E-state index contributed by atoms with van der Waals surface area (Å²) < 4.78 is 5.32. The lowest BCUT2D eigenvalue weighted by Gasteiger charge is -2.45. The fraction of sp³-hybridized carbons (Fsp3) is 0.474. The van der Waals surface area contributed by atoms with Gasteiger partial charge in [0.1, 0.15) is 0 Å². The van der Waals surface area contributed by atoms with E-state index in [0.29, 0.717) is 12.3 Å². The number of nitrogens with zero attached hydrogens (tertiary/aromatic N) is 1. The van der Waals surface area contributed by atoms with Crippen molar-refractivity contribution in [2.24, 2.45) is 0 Å². The van der Waals surface area contributed by atoms with Gasteiger partial charge >= 0.3 is 0 Å². The highest BCUT2D eigenvalue weighted by Crippen LogP contribution is 2.42. The molecule has 0 saturated heterocycles. The lowest BCUT2D eigenvalue weighted by molar-refractivity contribution is 0.157. The van der Waals surface area contributed by atoms with E-state index in [1.807, 2.05) is 0 Å². The Balaban J connectivity index is 2.51. The molecule has 120 valence electrons. The van der Waals surface area contributed by atoms with E-state index in [4.69, 9.17) is 4.74 Å². The van der Waals surface area contributed by atoms with Crippen LogP contribution in [0.3, 0.4) is 0 Å². The number of ether oxygens (including phenoxy) is 1. The molecule has 2 atom stereocenters. The van der Waals surface area contributed by atoms with Crippen LogP contribution in [0.4, 0.5) is 0 Å². The van der Waals surface area contributed by atoms with E-state index in [-0.39, 0.29) is 11.8 Å². The van der Waals surface area contributed by atoms with E-state index in [1.165, 1.54) is 16.8 Å². The molecule has 3 nitrogen and oxygen atoms in total. The second-order valence-electron chi connectivity index (χ2n) is 5.77. The maximum absolute atomic E-state index is 9.80. The molecule has 0 saturated carbocycles. The fourth-order valence-corrected chi connectivity index (χ4v) is 3.62. The number of rotatable bonds is 6. The van der Waals surface area contributed by atoms with Crippen LogP contribution in [0.15, 0.2) is 42.7 Å². The highest BCUT2D eigenvalue weighted by Gasteiger charge is 2.36. The van der Waals surface area contributed by atoms with Gasteiger partial charge < -0.3 is 14.7 Å². The van der Waals surface area contributed by atoms with Crippen molar-refractivity contribution in [3.05, 3.63) is 53.8 Å². The number of hydrogen-bond acceptors (Lipinski definition) is 3. The molecule has 2 rings (SSSR count). The molecule has 2 unspecified atom stereocenters. The van der Waals surface area contributed by atoms with E-state index in [9.17, 15) is 5.11 Å². The first-order valence-corrected chi connectivity index (χ1v) is 8.01. The topological polar surface area (TPSA) is 32.7 Å². The van der Waals surface area contributed by atoms with Gasteiger partial charge in [-0.25, -0.2) is 0 Å². The van der Waals surface area contributed by atoms with Crippen molar-refractivity contribution in [2.75, 3.05) is 20.3 Å². The molecule has 0 fully saturated rings. The minimum atomic E-state index is 0.221. The van der Waals surface area contributed by atoms with Gasteiger partial charge in [-0.15, -0.1) is 0 Å². The van der Waals surface area contributed by atoms with Crippen LogP contribution in [0.1, 0.15) is 43.7 Å². The monoisotopic (exact) mass is 301 g/mol. The Hall–Kier alpha value is -1.74. The Bertz CT molecular complexity index is 550. The lowest BCUT2D eigenvalue weighted by Crippen LogP contribution is -2.43. The molecular weight excluding hydrogens is 274 g/mol. The molecule has 0 radical (unpaired) electrons. The summed E-state index contributed by atoms with van der Waals surface area (Å²) in [5.74, 6) is 0.587. The smallest absolute Gasteiger partial charge is 0.0871 e. The molecule has 3 heteroatoms. The molecule has 0 spiro atoms. The predicted octanol–water partition coefficient (Wildman–Crippen LogP) is 4.33. The normalized spacial score (nSPS) is 22.7. The highest BCUT2D eigenvalue weighted by atomic mass is 16.5. The number of aliphatic hydroxyl groups is 1. The summed E-state index contributed by atoms with van der Waals surface area (Å²) in [6, 6.07) is 8.81. The van der Waals surface area contributed by atoms with Gasteiger partial charge in [-0.1, -0.05) is 36.9 Å². The maximum atomic E-state index is 9.80. The van der Waals surface area contributed by atoms with Gasteiger partial charge in [0.2, 0.25) is 0 Å². The zero-order valence-corrected chi connectivity index (χ0v) is 13.9. The number of likely N-dealkylation sites (N-methyl/N-ethyl adjacent to an activating group) is 1. The molecule has 0 amide bonds. The SMILES string of the molecule is C=C(O)CC1C(CCOC)c2ccccc2/C(=C/C)N1CC. The first kappa shape index (κ1) is 16.6. The second kappa shape index (κ2) is 7.50. The summed E-state index contributed by atoms with van der Waals surface area (Å²) in [7, 11) is 1.74. The van der Waals surface area contributed by atoms with Crippen molar-refractivity contribution in [3.63, 3.8) is 0 Å². The molecule has 1 aliphatic rings. The van der Waals surface area contributed by atoms with Gasteiger partial charge in [-0.2, -0.15) is 0 Å². The summed E-state index contributed by atoms with van der Waals surface area (Å²) in [6.07, 6.45) is 3.70. The van der Waals surface area contributed by atoms with Crippen LogP contribution in [0.2, 0.25) is 0 Å². The van der Waals surface area contributed by atoms with Gasteiger partial charge in [-0.3, -0.25) is 0 Å². The van der Waals surface area contributed by atoms with Gasteiger partial charge in [0.15, 0.2) is 0 Å². The van der Waals surface area contributed by atoms with Crippen LogP contribution < -0.4 is 0 Å². The predicted molar refractivity (Wildman–Crippen MR) is 91.9 cm³/mol. The van der Waals surface area contributed by atoms with Crippen molar-refractivity contribution >= 4 is 5.70 Å². The van der Waals surface area contributed by atoms with Crippen LogP contribution in [0, 0.1) is 0 Å². The number of fused-ring (bicyclic) bond motifs is 1. The van der Waals surface area contributed by atoms with Crippen LogP contribution in [-0.2, 0) is 4.74 Å². The van der Waals surface area contributed by atoms with Crippen LogP contribution in [-0.4, -0.2) is 36.3 Å². The Morgan fingerprint density at radius 2 is 2.14 bits per heavy atom. The van der Waals surface area contributed by atoms with Crippen molar-refractivity contribution in [2.45, 2.75) is 38.6 Å². The number of aliphatic hydroxyl groups excluding tert-OH is 1. The van der Waals surface area contributed by atoms with Crippen molar-refractivity contribution < 1.29 is 9.84 Å². The molecule has 0 aromatic heterocycles. The second-order valence-corrected chi connectivity index (χ2v) is 5.77. The first-order valence-electron chi connectivity index (χ1n) is 8.01. The number of benzene rings is 1. The Morgan fingerprint density at radius 1 is 1.41 bits per heavy atom. The van der Waals surface area contributed by atoms with Crippen LogP contribution >= 0.6 is 0 Å². The molecule has 1 heterocycles. The molecule has 1 aliphatic heterocycles. The summed E-state index contributed by atoms with van der Waals surface area (Å²) >= 11 is 0. The van der Waals surface area contributed by atoms with Gasteiger partial charge in [0.05, 0.1) is 5.76 Å². The highest BCUT2D eigenvalue weighted by molar-refractivity contribution is 5.70. The summed E-state index contributed by atoms with van der Waals surface area (Å²) in [4.78, 5) is 2.39. The molecule has 0 aliphatic carbocycles. The average Bonchev–Trinajstić information content (AvgIpc) is 2.52. The third-order valence-electron chi connectivity index (χ3n) is 4.50. The summed E-state index contributed by atoms with van der Waals surface area (Å²) in [5, 5.41) is 9.80. The third kappa shape index (κ3) is 3.20. The van der Waals surface area contributed by atoms with E-state index >= 15 is 0 Å². The number of methoxy groups -OCH3 is 1. The minimum absolute atomic E-state index is 0.221. The zero-order valence-electron chi connectivity index (χ0n) is 13.9. The molecule has 1 aromatic rings. The first-order chi connectivity index (χ1) is 10.6. The molecule has 1 aromatic carbocycles. The minimum Gasteiger partial charge on any atom is -0.513 e. The van der Waals surface area contributed by atoms with E-state index < -0.39 is 0 Å². The number of allylic oxidation sites excluding steroid dienone is 1. The largest absolute Gasteiger partial charge is 0.513 e. The van der Waals surface area contributed by atoms with Crippen molar-refractivity contribution in [1.29, 1.82) is 0 Å². The molecule has 1 N–H and O–H groups in total. The van der Waals surface area contributed by atoms with E-state index in [1.54, 1.807) is 7.11 Å². The van der Waals surface area contributed by atoms with Gasteiger partial charge in [-0.05, 0) is 25.8 Å².